The van der Waals surface area contributed by atoms with Crippen LogP contribution >= 0.6 is 0 Å². The highest BCUT2D eigenvalue weighted by molar-refractivity contribution is 7.89. The maximum atomic E-state index is 13.5. The standard InChI is InChI=1S/C24H34N2O4S/c1-17-13-26(18(2)16-27)31(28,29)24-11-10-20(7-6-19-4-5-19)12-22(24)30-23(17)15-25(3)14-21-8-9-21/h10-12,17-19,21,23,27H,4-5,8-9,13-16H2,1-3H3/t17-,18+,23-/m0/s1. The Labute approximate surface area is 186 Å². The van der Waals surface area contributed by atoms with E-state index in [-0.39, 0.29) is 23.5 Å². The summed E-state index contributed by atoms with van der Waals surface area (Å²) in [6, 6.07) is 4.64. The SMILES string of the molecule is C[C@H](CO)N1C[C@H](C)[C@H](CN(C)CC2CC2)Oc2cc(C#CC3CC3)ccc2S1(=O)=O. The molecule has 6 nitrogen and oxygen atoms in total. The molecule has 0 radical (unpaired) electrons. The van der Waals surface area contributed by atoms with E-state index in [9.17, 15) is 13.5 Å². The molecule has 0 bridgehead atoms. The van der Waals surface area contributed by atoms with Gasteiger partial charge >= 0.3 is 0 Å². The van der Waals surface area contributed by atoms with E-state index in [4.69, 9.17) is 4.74 Å². The van der Waals surface area contributed by atoms with Crippen molar-refractivity contribution in [2.24, 2.45) is 17.8 Å². The number of benzene rings is 1. The Hall–Kier alpha value is -1.59. The number of hydrogen-bond acceptors (Lipinski definition) is 5. The van der Waals surface area contributed by atoms with Gasteiger partial charge in [-0.3, -0.25) is 0 Å². The normalized spacial score (nSPS) is 26.7. The molecule has 170 valence electrons. The molecule has 0 unspecified atom stereocenters. The molecule has 1 aromatic rings. The number of rotatable bonds is 6. The molecule has 3 aliphatic rings. The first-order chi connectivity index (χ1) is 14.8. The maximum Gasteiger partial charge on any atom is 0.247 e. The fourth-order valence-electron chi connectivity index (χ4n) is 4.06. The predicted molar refractivity (Wildman–Crippen MR) is 120 cm³/mol. The zero-order chi connectivity index (χ0) is 22.2. The minimum Gasteiger partial charge on any atom is -0.487 e. The molecule has 0 amide bonds. The van der Waals surface area contributed by atoms with E-state index in [2.05, 4.69) is 23.8 Å². The average Bonchev–Trinajstić information content (AvgIpc) is 3.64. The molecule has 0 saturated heterocycles. The Morgan fingerprint density at radius 1 is 1.26 bits per heavy atom. The summed E-state index contributed by atoms with van der Waals surface area (Å²) in [6.45, 7) is 5.64. The second-order valence-electron chi connectivity index (χ2n) is 9.61. The van der Waals surface area contributed by atoms with Gasteiger partial charge in [0.25, 0.3) is 0 Å². The topological polar surface area (TPSA) is 70.1 Å². The van der Waals surface area contributed by atoms with Gasteiger partial charge in [-0.05, 0) is 63.8 Å². The molecular formula is C24H34N2O4S. The summed E-state index contributed by atoms with van der Waals surface area (Å²) in [4.78, 5) is 2.46. The number of aliphatic hydroxyl groups is 1. The number of aliphatic hydroxyl groups excluding tert-OH is 1. The molecule has 2 fully saturated rings. The molecule has 2 aliphatic carbocycles. The van der Waals surface area contributed by atoms with Gasteiger partial charge in [-0.2, -0.15) is 4.31 Å². The number of nitrogens with zero attached hydrogens (tertiary/aromatic N) is 2. The number of ether oxygens (including phenoxy) is 1. The summed E-state index contributed by atoms with van der Waals surface area (Å²) in [5.41, 5.74) is 0.779. The molecule has 4 rings (SSSR count). The van der Waals surface area contributed by atoms with Gasteiger partial charge in [-0.15, -0.1) is 0 Å². The maximum absolute atomic E-state index is 13.5. The number of likely N-dealkylation sites (N-methyl/N-ethyl adjacent to an activating group) is 1. The minimum absolute atomic E-state index is 0.0280. The van der Waals surface area contributed by atoms with Crippen LogP contribution in [0.2, 0.25) is 0 Å². The first-order valence-electron chi connectivity index (χ1n) is 11.4. The summed E-state index contributed by atoms with van der Waals surface area (Å²) in [5, 5.41) is 9.74. The first-order valence-corrected chi connectivity index (χ1v) is 12.9. The van der Waals surface area contributed by atoms with Crippen LogP contribution in [0, 0.1) is 29.6 Å². The first kappa shape index (κ1) is 22.6. The molecular weight excluding hydrogens is 412 g/mol. The third-order valence-electron chi connectivity index (χ3n) is 6.42. The molecule has 31 heavy (non-hydrogen) atoms. The lowest BCUT2D eigenvalue weighted by molar-refractivity contribution is 0.0740. The van der Waals surface area contributed by atoms with E-state index >= 15 is 0 Å². The Balaban J connectivity index is 1.69. The molecule has 0 spiro atoms. The zero-order valence-electron chi connectivity index (χ0n) is 18.8. The molecule has 0 aromatic heterocycles. The lowest BCUT2D eigenvalue weighted by Gasteiger charge is -2.37. The molecule has 1 aromatic carbocycles. The molecule has 1 heterocycles. The number of hydrogen-bond donors (Lipinski definition) is 1. The van der Waals surface area contributed by atoms with Crippen molar-refractivity contribution in [1.82, 2.24) is 9.21 Å². The van der Waals surface area contributed by atoms with Crippen molar-refractivity contribution in [1.29, 1.82) is 0 Å². The molecule has 7 heteroatoms. The molecule has 3 atom stereocenters. The third-order valence-corrected chi connectivity index (χ3v) is 8.44. The van der Waals surface area contributed by atoms with Gasteiger partial charge in [-0.1, -0.05) is 18.8 Å². The van der Waals surface area contributed by atoms with E-state index in [1.165, 1.54) is 17.1 Å². The Bertz CT molecular complexity index is 960. The van der Waals surface area contributed by atoms with E-state index in [1.54, 1.807) is 25.1 Å². The monoisotopic (exact) mass is 446 g/mol. The van der Waals surface area contributed by atoms with Crippen LogP contribution in [0.5, 0.6) is 5.75 Å². The van der Waals surface area contributed by atoms with Gasteiger partial charge in [-0.25, -0.2) is 8.42 Å². The Morgan fingerprint density at radius 2 is 2.00 bits per heavy atom. The number of sulfonamides is 1. The second-order valence-corrected chi connectivity index (χ2v) is 11.5. The molecule has 2 saturated carbocycles. The average molecular weight is 447 g/mol. The van der Waals surface area contributed by atoms with Crippen molar-refractivity contribution in [2.45, 2.75) is 56.6 Å². The molecule has 1 aliphatic heterocycles. The summed E-state index contributed by atoms with van der Waals surface area (Å²) >= 11 is 0. The van der Waals surface area contributed by atoms with E-state index in [0.29, 0.717) is 18.2 Å². The van der Waals surface area contributed by atoms with Crippen molar-refractivity contribution in [2.75, 3.05) is 33.3 Å². The number of fused-ring (bicyclic) bond motifs is 1. The van der Waals surface area contributed by atoms with Crippen molar-refractivity contribution in [3.05, 3.63) is 23.8 Å². The van der Waals surface area contributed by atoms with Crippen LogP contribution in [0.15, 0.2) is 23.1 Å². The summed E-state index contributed by atoms with van der Waals surface area (Å²) in [5.74, 6) is 8.00. The summed E-state index contributed by atoms with van der Waals surface area (Å²) in [6.07, 6.45) is 4.71. The smallest absolute Gasteiger partial charge is 0.247 e. The second kappa shape index (κ2) is 9.11. The van der Waals surface area contributed by atoms with Gasteiger partial charge in [0.15, 0.2) is 0 Å². The fourth-order valence-corrected chi connectivity index (χ4v) is 5.88. The van der Waals surface area contributed by atoms with Gasteiger partial charge in [0.05, 0.1) is 6.61 Å². The van der Waals surface area contributed by atoms with Crippen LogP contribution in [0.25, 0.3) is 0 Å². The third kappa shape index (κ3) is 5.43. The van der Waals surface area contributed by atoms with Crippen molar-refractivity contribution in [3.8, 4) is 17.6 Å². The highest BCUT2D eigenvalue weighted by atomic mass is 32.2. The van der Waals surface area contributed by atoms with Crippen LogP contribution in [0.1, 0.15) is 45.1 Å². The summed E-state index contributed by atoms with van der Waals surface area (Å²) < 4.78 is 34.8. The van der Waals surface area contributed by atoms with Crippen molar-refractivity contribution < 1.29 is 18.3 Å². The lowest BCUT2D eigenvalue weighted by Crippen LogP contribution is -2.49. The van der Waals surface area contributed by atoms with Crippen molar-refractivity contribution in [3.63, 3.8) is 0 Å². The Kier molecular flexibility index (Phi) is 6.64. The van der Waals surface area contributed by atoms with Crippen LogP contribution < -0.4 is 4.74 Å². The highest BCUT2D eigenvalue weighted by Gasteiger charge is 2.38. The zero-order valence-corrected chi connectivity index (χ0v) is 19.6. The summed E-state index contributed by atoms with van der Waals surface area (Å²) in [7, 11) is -1.69. The fraction of sp³-hybridized carbons (Fsp3) is 0.667. The Morgan fingerprint density at radius 3 is 2.65 bits per heavy atom. The van der Waals surface area contributed by atoms with Gasteiger partial charge in [0, 0.05) is 43.1 Å². The van der Waals surface area contributed by atoms with Gasteiger partial charge in [0.1, 0.15) is 16.7 Å². The van der Waals surface area contributed by atoms with Crippen LogP contribution in [0.4, 0.5) is 0 Å². The van der Waals surface area contributed by atoms with Crippen LogP contribution in [-0.2, 0) is 10.0 Å². The van der Waals surface area contributed by atoms with E-state index in [0.717, 1.165) is 37.4 Å². The van der Waals surface area contributed by atoms with E-state index < -0.39 is 16.1 Å². The highest BCUT2D eigenvalue weighted by Crippen LogP contribution is 2.35. The van der Waals surface area contributed by atoms with Crippen LogP contribution in [0.3, 0.4) is 0 Å². The quantitative estimate of drug-likeness (QED) is 0.680. The van der Waals surface area contributed by atoms with Crippen molar-refractivity contribution >= 4 is 10.0 Å². The predicted octanol–water partition coefficient (Wildman–Crippen LogP) is 2.56. The van der Waals surface area contributed by atoms with Crippen LogP contribution in [-0.4, -0.2) is 68.2 Å². The van der Waals surface area contributed by atoms with E-state index in [1.807, 2.05) is 6.92 Å². The minimum atomic E-state index is -3.80. The lowest BCUT2D eigenvalue weighted by atomic mass is 10.0. The van der Waals surface area contributed by atoms with Gasteiger partial charge < -0.3 is 14.7 Å². The largest absolute Gasteiger partial charge is 0.487 e. The van der Waals surface area contributed by atoms with Gasteiger partial charge in [0.2, 0.25) is 10.0 Å². The molecule has 1 N–H and O–H groups in total.